The van der Waals surface area contributed by atoms with Gasteiger partial charge in [0.15, 0.2) is 5.96 Å². The number of hydrogen-bond acceptors (Lipinski definition) is 3. The van der Waals surface area contributed by atoms with Gasteiger partial charge in [0.25, 0.3) is 0 Å². The molecule has 1 aliphatic heterocycles. The molecular formula is C20H31IN6. The average Bonchev–Trinajstić information content (AvgIpc) is 2.99. The van der Waals surface area contributed by atoms with Gasteiger partial charge in [-0.3, -0.25) is 4.99 Å². The van der Waals surface area contributed by atoms with Crippen molar-refractivity contribution >= 4 is 29.9 Å². The zero-order valence-corrected chi connectivity index (χ0v) is 19.0. The highest BCUT2D eigenvalue weighted by molar-refractivity contribution is 14.0. The number of hydrogen-bond donors (Lipinski definition) is 2. The van der Waals surface area contributed by atoms with Crippen LogP contribution in [-0.2, 0) is 13.0 Å². The van der Waals surface area contributed by atoms with Crippen LogP contribution in [0.3, 0.4) is 0 Å². The lowest BCUT2D eigenvalue weighted by atomic mass is 10.0. The Hall–Kier alpha value is -1.64. The Bertz CT molecular complexity index is 752. The van der Waals surface area contributed by atoms with Crippen molar-refractivity contribution in [2.24, 2.45) is 4.99 Å². The molecule has 2 heterocycles. The van der Waals surface area contributed by atoms with Crippen LogP contribution in [0.1, 0.15) is 49.0 Å². The Morgan fingerprint density at radius 3 is 2.74 bits per heavy atom. The van der Waals surface area contributed by atoms with E-state index in [2.05, 4.69) is 65.8 Å². The number of rotatable bonds is 5. The fraction of sp³-hybridized carbons (Fsp3) is 0.550. The second-order valence-corrected chi connectivity index (χ2v) is 7.17. The first-order chi connectivity index (χ1) is 12.5. The molecule has 0 radical (unpaired) electrons. The summed E-state index contributed by atoms with van der Waals surface area (Å²) in [5.41, 5.74) is 2.62. The van der Waals surface area contributed by atoms with Crippen LogP contribution in [0, 0.1) is 13.8 Å². The molecule has 0 spiro atoms. The summed E-state index contributed by atoms with van der Waals surface area (Å²) in [6.45, 7) is 10.8. The highest BCUT2D eigenvalue weighted by Crippen LogP contribution is 2.16. The van der Waals surface area contributed by atoms with E-state index in [4.69, 9.17) is 4.99 Å². The topological polar surface area (TPSA) is 67.1 Å². The van der Waals surface area contributed by atoms with Crippen molar-refractivity contribution in [1.82, 2.24) is 25.4 Å². The van der Waals surface area contributed by atoms with E-state index in [-0.39, 0.29) is 24.0 Å². The van der Waals surface area contributed by atoms with Crippen molar-refractivity contribution in [3.8, 4) is 0 Å². The molecule has 3 rings (SSSR count). The molecule has 0 bridgehead atoms. The Labute approximate surface area is 179 Å². The van der Waals surface area contributed by atoms with Crippen LogP contribution in [0.25, 0.3) is 0 Å². The molecule has 0 saturated heterocycles. The molecule has 1 aromatic carbocycles. The predicted molar refractivity (Wildman–Crippen MR) is 121 cm³/mol. The van der Waals surface area contributed by atoms with Crippen LogP contribution < -0.4 is 10.6 Å². The van der Waals surface area contributed by atoms with Crippen molar-refractivity contribution in [3.05, 3.63) is 47.0 Å². The van der Waals surface area contributed by atoms with Gasteiger partial charge in [-0.2, -0.15) is 5.10 Å². The maximum Gasteiger partial charge on any atom is 0.191 e. The summed E-state index contributed by atoms with van der Waals surface area (Å²) >= 11 is 0. The maximum atomic E-state index is 4.82. The fourth-order valence-corrected chi connectivity index (χ4v) is 3.29. The van der Waals surface area contributed by atoms with E-state index >= 15 is 0 Å². The molecule has 0 fully saturated rings. The first-order valence-electron chi connectivity index (χ1n) is 9.57. The first-order valence-corrected chi connectivity index (χ1v) is 9.57. The smallest absolute Gasteiger partial charge is 0.191 e. The molecular weight excluding hydrogens is 451 g/mol. The summed E-state index contributed by atoms with van der Waals surface area (Å²) in [6, 6.07) is 9.06. The van der Waals surface area contributed by atoms with Crippen LogP contribution in [-0.4, -0.2) is 39.9 Å². The molecule has 2 atom stereocenters. The minimum atomic E-state index is 0. The number of benzene rings is 1. The van der Waals surface area contributed by atoms with E-state index in [1.54, 1.807) is 0 Å². The summed E-state index contributed by atoms with van der Waals surface area (Å²) in [7, 11) is 0. The van der Waals surface area contributed by atoms with E-state index in [1.807, 2.05) is 11.6 Å². The lowest BCUT2D eigenvalue weighted by Crippen LogP contribution is -2.47. The second-order valence-electron chi connectivity index (χ2n) is 7.17. The molecule has 6 nitrogen and oxygen atoms in total. The molecule has 0 saturated carbocycles. The Balaban J connectivity index is 0.00000261. The van der Waals surface area contributed by atoms with Crippen molar-refractivity contribution in [2.75, 3.05) is 13.1 Å². The second kappa shape index (κ2) is 10.1. The van der Waals surface area contributed by atoms with Crippen molar-refractivity contribution in [3.63, 3.8) is 0 Å². The predicted octanol–water partition coefficient (Wildman–Crippen LogP) is 3.19. The van der Waals surface area contributed by atoms with E-state index < -0.39 is 0 Å². The Kier molecular flexibility index (Phi) is 8.07. The zero-order valence-electron chi connectivity index (χ0n) is 16.7. The lowest BCUT2D eigenvalue weighted by molar-refractivity contribution is 0.392. The molecule has 27 heavy (non-hydrogen) atoms. The van der Waals surface area contributed by atoms with Gasteiger partial charge in [-0.05, 0) is 32.8 Å². The van der Waals surface area contributed by atoms with Crippen molar-refractivity contribution < 1.29 is 0 Å². The minimum Gasteiger partial charge on any atom is -0.357 e. The van der Waals surface area contributed by atoms with Gasteiger partial charge in [0.05, 0.1) is 6.54 Å². The zero-order chi connectivity index (χ0) is 18.5. The number of halogens is 1. The Morgan fingerprint density at radius 2 is 2.04 bits per heavy atom. The van der Waals surface area contributed by atoms with Gasteiger partial charge in [0.2, 0.25) is 0 Å². The summed E-state index contributed by atoms with van der Waals surface area (Å²) in [5, 5.41) is 11.4. The average molecular weight is 482 g/mol. The molecule has 1 aliphatic rings. The van der Waals surface area contributed by atoms with Crippen LogP contribution in [0.5, 0.6) is 0 Å². The quantitative estimate of drug-likeness (QED) is 0.391. The molecule has 0 amide bonds. The third kappa shape index (κ3) is 5.92. The number of aliphatic imine (C=N–C) groups is 1. The molecule has 2 aromatic rings. The van der Waals surface area contributed by atoms with E-state index in [9.17, 15) is 0 Å². The Morgan fingerprint density at radius 1 is 1.30 bits per heavy atom. The highest BCUT2D eigenvalue weighted by Gasteiger charge is 2.21. The normalized spacial score (nSPS) is 17.6. The number of fused-ring (bicyclic) bond motifs is 1. The van der Waals surface area contributed by atoms with Crippen LogP contribution in [0.2, 0.25) is 0 Å². The van der Waals surface area contributed by atoms with Gasteiger partial charge in [-0.1, -0.05) is 36.8 Å². The van der Waals surface area contributed by atoms with Gasteiger partial charge in [-0.25, -0.2) is 9.67 Å². The van der Waals surface area contributed by atoms with E-state index in [0.29, 0.717) is 12.0 Å². The number of guanidine groups is 1. The molecule has 148 valence electrons. The van der Waals surface area contributed by atoms with Crippen LogP contribution >= 0.6 is 24.0 Å². The number of nitrogens with zero attached hydrogens (tertiary/aromatic N) is 4. The maximum absolute atomic E-state index is 4.82. The van der Waals surface area contributed by atoms with Gasteiger partial charge < -0.3 is 10.6 Å². The van der Waals surface area contributed by atoms with Crippen LogP contribution in [0.4, 0.5) is 0 Å². The summed E-state index contributed by atoms with van der Waals surface area (Å²) in [4.78, 5) is 9.30. The van der Waals surface area contributed by atoms with Gasteiger partial charge in [-0.15, -0.1) is 24.0 Å². The molecule has 2 unspecified atom stereocenters. The monoisotopic (exact) mass is 482 g/mol. The molecule has 2 N–H and O–H groups in total. The van der Waals surface area contributed by atoms with E-state index in [0.717, 1.165) is 50.1 Å². The van der Waals surface area contributed by atoms with Crippen molar-refractivity contribution in [1.29, 1.82) is 0 Å². The molecule has 1 aromatic heterocycles. The third-order valence-corrected chi connectivity index (χ3v) is 4.82. The summed E-state index contributed by atoms with van der Waals surface area (Å²) in [6.07, 6.45) is 2.01. The lowest BCUT2D eigenvalue weighted by Gasteiger charge is -2.25. The minimum absolute atomic E-state index is 0. The first kappa shape index (κ1) is 21.7. The largest absolute Gasteiger partial charge is 0.357 e. The standard InChI is InChI=1S/C20H30N6.HI/c1-5-21-20(22-12-15(3)17-8-6-14(2)7-9-17)24-18-10-11-19-23-16(4)25-26(19)13-18;/h6-9,15,18H,5,10-13H2,1-4H3,(H2,21,22,24);1H. The van der Waals surface area contributed by atoms with Gasteiger partial charge >= 0.3 is 0 Å². The molecule has 0 aliphatic carbocycles. The third-order valence-electron chi connectivity index (χ3n) is 4.82. The summed E-state index contributed by atoms with van der Waals surface area (Å²) < 4.78 is 2.02. The van der Waals surface area contributed by atoms with Crippen molar-refractivity contribution in [2.45, 2.75) is 59.0 Å². The number of aromatic nitrogens is 3. The van der Waals surface area contributed by atoms with Crippen LogP contribution in [0.15, 0.2) is 29.3 Å². The van der Waals surface area contributed by atoms with Gasteiger partial charge in [0.1, 0.15) is 11.6 Å². The van der Waals surface area contributed by atoms with Gasteiger partial charge in [0, 0.05) is 31.5 Å². The summed E-state index contributed by atoms with van der Waals surface area (Å²) in [5.74, 6) is 3.22. The molecule has 7 heteroatoms. The fourth-order valence-electron chi connectivity index (χ4n) is 3.29. The number of nitrogens with one attached hydrogen (secondary N) is 2. The SMILES string of the molecule is CCNC(=NCC(C)c1ccc(C)cc1)NC1CCc2nc(C)nn2C1.I. The number of aryl methyl sites for hydroxylation is 3. The highest BCUT2D eigenvalue weighted by atomic mass is 127. The van der Waals surface area contributed by atoms with E-state index in [1.165, 1.54) is 11.1 Å².